The average Bonchev–Trinajstić information content (AvgIpc) is 2.32. The lowest BCUT2D eigenvalue weighted by Crippen LogP contribution is -2.28. The van der Waals surface area contributed by atoms with Crippen LogP contribution in [0.2, 0.25) is 0 Å². The van der Waals surface area contributed by atoms with Gasteiger partial charge in [-0.1, -0.05) is 18.2 Å². The second-order valence-corrected chi connectivity index (χ2v) is 4.53. The van der Waals surface area contributed by atoms with Gasteiger partial charge in [0.1, 0.15) is 0 Å². The number of hydrogen-bond donors (Lipinski definition) is 1. The summed E-state index contributed by atoms with van der Waals surface area (Å²) in [5, 5.41) is 3.00. The second kappa shape index (κ2) is 7.17. The molecule has 0 radical (unpaired) electrons. The molecular weight excluding hydrogens is 226 g/mol. The van der Waals surface area contributed by atoms with Crippen LogP contribution in [0.25, 0.3) is 0 Å². The molecule has 0 fully saturated rings. The predicted octanol–water partition coefficient (Wildman–Crippen LogP) is 2.91. The molecule has 3 heteroatoms. The van der Waals surface area contributed by atoms with E-state index in [2.05, 4.69) is 31.3 Å². The van der Waals surface area contributed by atoms with Crippen LogP contribution in [-0.2, 0) is 9.53 Å². The van der Waals surface area contributed by atoms with Crippen LogP contribution < -0.4 is 5.32 Å². The van der Waals surface area contributed by atoms with Gasteiger partial charge in [0.05, 0.1) is 12.6 Å². The zero-order valence-corrected chi connectivity index (χ0v) is 11.7. The molecule has 18 heavy (non-hydrogen) atoms. The summed E-state index contributed by atoms with van der Waals surface area (Å²) >= 11 is 0. The molecule has 1 aromatic carbocycles. The first-order valence-electron chi connectivity index (χ1n) is 6.49. The summed E-state index contributed by atoms with van der Waals surface area (Å²) in [5.74, 6) is 0.0388. The number of carbonyl (C=O) groups is 1. The highest BCUT2D eigenvalue weighted by Gasteiger charge is 2.12. The number of carbonyl (C=O) groups excluding carboxylic acids is 1. The van der Waals surface area contributed by atoms with Crippen molar-refractivity contribution >= 4 is 5.91 Å². The van der Waals surface area contributed by atoms with Crippen molar-refractivity contribution in [3.63, 3.8) is 0 Å². The smallest absolute Gasteiger partial charge is 0.222 e. The van der Waals surface area contributed by atoms with E-state index in [0.717, 1.165) is 0 Å². The third-order valence-corrected chi connectivity index (χ3v) is 3.17. The lowest BCUT2D eigenvalue weighted by Gasteiger charge is -2.17. The Morgan fingerprint density at radius 1 is 1.39 bits per heavy atom. The van der Waals surface area contributed by atoms with Gasteiger partial charge in [-0.3, -0.25) is 4.79 Å². The maximum Gasteiger partial charge on any atom is 0.222 e. The Morgan fingerprint density at radius 3 is 2.78 bits per heavy atom. The second-order valence-electron chi connectivity index (χ2n) is 4.53. The summed E-state index contributed by atoms with van der Waals surface area (Å²) in [4.78, 5) is 11.7. The van der Waals surface area contributed by atoms with Crippen molar-refractivity contribution in [2.45, 2.75) is 40.2 Å². The van der Waals surface area contributed by atoms with E-state index in [1.54, 1.807) is 0 Å². The molecule has 0 saturated heterocycles. The van der Waals surface area contributed by atoms with E-state index in [-0.39, 0.29) is 11.9 Å². The van der Waals surface area contributed by atoms with Crippen LogP contribution in [0.1, 0.15) is 43.0 Å². The van der Waals surface area contributed by atoms with E-state index in [4.69, 9.17) is 4.74 Å². The Morgan fingerprint density at radius 2 is 2.11 bits per heavy atom. The van der Waals surface area contributed by atoms with Crippen molar-refractivity contribution in [2.24, 2.45) is 0 Å². The van der Waals surface area contributed by atoms with E-state index in [1.807, 2.05) is 19.9 Å². The molecule has 1 atom stereocenters. The molecule has 100 valence electrons. The minimum Gasteiger partial charge on any atom is -0.381 e. The number of amides is 1. The van der Waals surface area contributed by atoms with Gasteiger partial charge in [-0.2, -0.15) is 0 Å². The average molecular weight is 249 g/mol. The van der Waals surface area contributed by atoms with Gasteiger partial charge >= 0.3 is 0 Å². The first-order chi connectivity index (χ1) is 8.56. The van der Waals surface area contributed by atoms with Gasteiger partial charge in [0.15, 0.2) is 0 Å². The summed E-state index contributed by atoms with van der Waals surface area (Å²) in [5.41, 5.74) is 3.68. The standard InChI is InChI=1S/C15H23NO2/c1-5-18-10-9-15(17)16-13(4)14-8-6-7-11(2)12(14)3/h6-8,13H,5,9-10H2,1-4H3,(H,16,17)/t13-/m1/s1. The molecule has 0 heterocycles. The molecular formula is C15H23NO2. The third-order valence-electron chi connectivity index (χ3n) is 3.17. The third kappa shape index (κ3) is 4.15. The first kappa shape index (κ1) is 14.7. The van der Waals surface area contributed by atoms with E-state index < -0.39 is 0 Å². The maximum atomic E-state index is 11.7. The van der Waals surface area contributed by atoms with Crippen molar-refractivity contribution in [3.05, 3.63) is 34.9 Å². The maximum absolute atomic E-state index is 11.7. The van der Waals surface area contributed by atoms with Crippen molar-refractivity contribution in [1.29, 1.82) is 0 Å². The van der Waals surface area contributed by atoms with Gasteiger partial charge in [0, 0.05) is 13.0 Å². The highest BCUT2D eigenvalue weighted by atomic mass is 16.5. The molecule has 0 saturated carbocycles. The fourth-order valence-corrected chi connectivity index (χ4v) is 1.94. The summed E-state index contributed by atoms with van der Waals surface area (Å²) in [6.07, 6.45) is 0.420. The van der Waals surface area contributed by atoms with Crippen LogP contribution in [0.5, 0.6) is 0 Å². The normalized spacial score (nSPS) is 12.2. The van der Waals surface area contributed by atoms with Crippen molar-refractivity contribution < 1.29 is 9.53 Å². The van der Waals surface area contributed by atoms with Crippen LogP contribution in [0.4, 0.5) is 0 Å². The number of ether oxygens (including phenoxy) is 1. The molecule has 0 spiro atoms. The molecule has 0 bridgehead atoms. The molecule has 0 aliphatic rings. The highest BCUT2D eigenvalue weighted by Crippen LogP contribution is 2.19. The Balaban J connectivity index is 2.57. The van der Waals surface area contributed by atoms with Gasteiger partial charge in [-0.15, -0.1) is 0 Å². The van der Waals surface area contributed by atoms with Gasteiger partial charge < -0.3 is 10.1 Å². The Bertz CT molecular complexity index is 401. The van der Waals surface area contributed by atoms with Crippen LogP contribution in [0.15, 0.2) is 18.2 Å². The fourth-order valence-electron chi connectivity index (χ4n) is 1.94. The molecule has 3 nitrogen and oxygen atoms in total. The number of hydrogen-bond acceptors (Lipinski definition) is 2. The van der Waals surface area contributed by atoms with E-state index in [9.17, 15) is 4.79 Å². The van der Waals surface area contributed by atoms with Gasteiger partial charge in [0.2, 0.25) is 5.91 Å². The van der Waals surface area contributed by atoms with Crippen LogP contribution in [-0.4, -0.2) is 19.1 Å². The van der Waals surface area contributed by atoms with E-state index >= 15 is 0 Å². The molecule has 1 N–H and O–H groups in total. The number of aryl methyl sites for hydroxylation is 1. The van der Waals surface area contributed by atoms with Gasteiger partial charge in [-0.05, 0) is 44.4 Å². The topological polar surface area (TPSA) is 38.3 Å². The predicted molar refractivity (Wildman–Crippen MR) is 73.6 cm³/mol. The SMILES string of the molecule is CCOCCC(=O)N[C@H](C)c1cccc(C)c1C. The number of nitrogens with one attached hydrogen (secondary N) is 1. The lowest BCUT2D eigenvalue weighted by molar-refractivity contribution is -0.122. The molecule has 0 aliphatic carbocycles. The Labute approximate surface area is 110 Å². The Kier molecular flexibility index (Phi) is 5.86. The largest absolute Gasteiger partial charge is 0.381 e. The van der Waals surface area contributed by atoms with Crippen molar-refractivity contribution in [2.75, 3.05) is 13.2 Å². The molecule has 0 aromatic heterocycles. The lowest BCUT2D eigenvalue weighted by atomic mass is 9.98. The zero-order chi connectivity index (χ0) is 13.5. The highest BCUT2D eigenvalue weighted by molar-refractivity contribution is 5.76. The summed E-state index contributed by atoms with van der Waals surface area (Å²) in [7, 11) is 0. The summed E-state index contributed by atoms with van der Waals surface area (Å²) in [6, 6.07) is 6.22. The summed E-state index contributed by atoms with van der Waals surface area (Å²) < 4.78 is 5.17. The van der Waals surface area contributed by atoms with Crippen molar-refractivity contribution in [1.82, 2.24) is 5.32 Å². The van der Waals surface area contributed by atoms with Crippen LogP contribution in [0.3, 0.4) is 0 Å². The molecule has 0 unspecified atom stereocenters. The molecule has 1 aromatic rings. The van der Waals surface area contributed by atoms with E-state index in [1.165, 1.54) is 16.7 Å². The number of rotatable bonds is 6. The Hall–Kier alpha value is -1.35. The minimum absolute atomic E-state index is 0.0388. The van der Waals surface area contributed by atoms with Gasteiger partial charge in [0.25, 0.3) is 0 Å². The van der Waals surface area contributed by atoms with Crippen molar-refractivity contribution in [3.8, 4) is 0 Å². The fraction of sp³-hybridized carbons (Fsp3) is 0.533. The van der Waals surface area contributed by atoms with Crippen LogP contribution >= 0.6 is 0 Å². The quantitative estimate of drug-likeness (QED) is 0.787. The zero-order valence-electron chi connectivity index (χ0n) is 11.7. The minimum atomic E-state index is 0.0388. The first-order valence-corrected chi connectivity index (χ1v) is 6.49. The molecule has 1 amide bonds. The van der Waals surface area contributed by atoms with Gasteiger partial charge in [-0.25, -0.2) is 0 Å². The van der Waals surface area contributed by atoms with E-state index in [0.29, 0.717) is 19.6 Å². The molecule has 0 aliphatic heterocycles. The van der Waals surface area contributed by atoms with Crippen LogP contribution in [0, 0.1) is 13.8 Å². The number of benzene rings is 1. The summed E-state index contributed by atoms with van der Waals surface area (Å²) in [6.45, 7) is 9.26. The monoisotopic (exact) mass is 249 g/mol. The molecule has 1 rings (SSSR count).